The minimum Gasteiger partial charge on any atom is -0.420 e. The number of anilines is 1. The van der Waals surface area contributed by atoms with Crippen LogP contribution in [0.5, 0.6) is 5.75 Å². The normalized spacial score (nSPS) is 11.0. The Labute approximate surface area is 175 Å². The first-order valence-electron chi connectivity index (χ1n) is 9.32. The summed E-state index contributed by atoms with van der Waals surface area (Å²) in [6.45, 7) is 6.36. The van der Waals surface area contributed by atoms with Gasteiger partial charge in [-0.3, -0.25) is 9.59 Å². The van der Waals surface area contributed by atoms with Crippen LogP contribution in [0.3, 0.4) is 0 Å². The van der Waals surface area contributed by atoms with E-state index < -0.39 is 17.4 Å². The Morgan fingerprint density at radius 3 is 2.19 bits per heavy atom. The van der Waals surface area contributed by atoms with Crippen molar-refractivity contribution in [1.82, 2.24) is 15.3 Å². The van der Waals surface area contributed by atoms with Crippen molar-refractivity contribution in [2.75, 3.05) is 5.32 Å². The summed E-state index contributed by atoms with van der Waals surface area (Å²) in [5.41, 5.74) is 0.621. The number of fused-ring (bicyclic) bond motifs is 1. The summed E-state index contributed by atoms with van der Waals surface area (Å²) < 4.78 is 15.7. The maximum absolute atomic E-state index is 12.9. The number of hydrogen-bond acceptors (Lipinski definition) is 8. The molecule has 0 aliphatic heterocycles. The summed E-state index contributed by atoms with van der Waals surface area (Å²) in [7, 11) is 0. The second-order valence-electron chi connectivity index (χ2n) is 6.95. The van der Waals surface area contributed by atoms with Gasteiger partial charge in [-0.15, -0.1) is 0 Å². The number of pyridine rings is 1. The highest BCUT2D eigenvalue weighted by atomic mass is 16.5. The van der Waals surface area contributed by atoms with E-state index in [9.17, 15) is 14.4 Å². The van der Waals surface area contributed by atoms with Gasteiger partial charge in [-0.05, 0) is 39.8 Å². The van der Waals surface area contributed by atoms with E-state index in [1.54, 1.807) is 52.0 Å². The van der Waals surface area contributed by atoms with Crippen LogP contribution in [0.2, 0.25) is 0 Å². The molecule has 0 saturated heterocycles. The molecule has 0 spiro atoms. The third-order valence-corrected chi connectivity index (χ3v) is 4.81. The molecule has 3 aromatic heterocycles. The van der Waals surface area contributed by atoms with Gasteiger partial charge in [0, 0.05) is 5.39 Å². The van der Waals surface area contributed by atoms with Gasteiger partial charge in [0.2, 0.25) is 0 Å². The molecular weight excluding hydrogens is 404 g/mol. The average Bonchev–Trinajstić information content (AvgIpc) is 3.24. The van der Waals surface area contributed by atoms with E-state index in [4.69, 9.17) is 13.8 Å². The molecule has 0 aliphatic carbocycles. The van der Waals surface area contributed by atoms with Gasteiger partial charge in [-0.2, -0.15) is 0 Å². The molecule has 0 atom stereocenters. The standard InChI is InChI=1S/C21H18N4O6/c1-9-15(11(3)30-24-9)19(26)23-17-18(13-7-5-6-8-14(13)22-20(17)27)29-21(28)16-10(2)25-31-12(16)4/h5-8H,1-4H3,(H,22,27)(H,23,26). The minimum atomic E-state index is -0.764. The van der Waals surface area contributed by atoms with Gasteiger partial charge in [-0.25, -0.2) is 4.79 Å². The first kappa shape index (κ1) is 20.1. The highest BCUT2D eigenvalue weighted by Crippen LogP contribution is 2.31. The molecule has 0 fully saturated rings. The fourth-order valence-electron chi connectivity index (χ4n) is 3.33. The van der Waals surface area contributed by atoms with Crippen molar-refractivity contribution < 1.29 is 23.4 Å². The Morgan fingerprint density at radius 2 is 1.58 bits per heavy atom. The predicted molar refractivity (Wildman–Crippen MR) is 109 cm³/mol. The SMILES string of the molecule is Cc1noc(C)c1C(=O)Nc1c(OC(=O)c2c(C)noc2C)c2ccccc2[nH]c1=O. The fraction of sp³-hybridized carbons (Fsp3) is 0.190. The van der Waals surface area contributed by atoms with E-state index in [2.05, 4.69) is 20.6 Å². The van der Waals surface area contributed by atoms with Crippen LogP contribution in [0.1, 0.15) is 43.6 Å². The lowest BCUT2D eigenvalue weighted by atomic mass is 10.1. The summed E-state index contributed by atoms with van der Waals surface area (Å²) in [4.78, 5) is 41.2. The van der Waals surface area contributed by atoms with E-state index >= 15 is 0 Å². The van der Waals surface area contributed by atoms with Gasteiger partial charge in [0.25, 0.3) is 11.5 Å². The Bertz CT molecular complexity index is 1360. The number of hydrogen-bond donors (Lipinski definition) is 2. The van der Waals surface area contributed by atoms with Crippen LogP contribution in [-0.2, 0) is 0 Å². The lowest BCUT2D eigenvalue weighted by Gasteiger charge is -2.13. The molecule has 31 heavy (non-hydrogen) atoms. The van der Waals surface area contributed by atoms with E-state index in [1.165, 1.54) is 0 Å². The Balaban J connectivity index is 1.83. The second kappa shape index (κ2) is 7.56. The van der Waals surface area contributed by atoms with E-state index in [0.29, 0.717) is 28.1 Å². The summed E-state index contributed by atoms with van der Waals surface area (Å²) in [6, 6.07) is 6.75. The summed E-state index contributed by atoms with van der Waals surface area (Å²) >= 11 is 0. The Kier molecular flexibility index (Phi) is 4.90. The lowest BCUT2D eigenvalue weighted by molar-refractivity contribution is 0.0734. The van der Waals surface area contributed by atoms with Gasteiger partial charge in [-0.1, -0.05) is 22.4 Å². The number of aromatic amines is 1. The summed E-state index contributed by atoms with van der Waals surface area (Å²) in [5, 5.41) is 10.5. The van der Waals surface area contributed by atoms with E-state index in [-0.39, 0.29) is 28.3 Å². The molecule has 10 heteroatoms. The van der Waals surface area contributed by atoms with Crippen LogP contribution in [-0.4, -0.2) is 27.2 Å². The van der Waals surface area contributed by atoms with E-state index in [1.807, 2.05) is 0 Å². The topological polar surface area (TPSA) is 140 Å². The van der Waals surface area contributed by atoms with Crippen molar-refractivity contribution in [2.24, 2.45) is 0 Å². The van der Waals surface area contributed by atoms with Crippen molar-refractivity contribution in [3.05, 3.63) is 68.7 Å². The Hall–Kier alpha value is -4.21. The maximum Gasteiger partial charge on any atom is 0.349 e. The molecule has 0 radical (unpaired) electrons. The van der Waals surface area contributed by atoms with Crippen LogP contribution in [0.25, 0.3) is 10.9 Å². The Morgan fingerprint density at radius 1 is 0.968 bits per heavy atom. The highest BCUT2D eigenvalue weighted by Gasteiger charge is 2.26. The van der Waals surface area contributed by atoms with Gasteiger partial charge in [0.1, 0.15) is 22.6 Å². The number of ether oxygens (including phenoxy) is 1. The summed E-state index contributed by atoms with van der Waals surface area (Å²) in [5.74, 6) is -0.907. The first-order chi connectivity index (χ1) is 14.8. The van der Waals surface area contributed by atoms with Crippen molar-refractivity contribution in [3.63, 3.8) is 0 Å². The zero-order valence-corrected chi connectivity index (χ0v) is 17.2. The molecule has 0 unspecified atom stereocenters. The first-order valence-corrected chi connectivity index (χ1v) is 9.32. The van der Waals surface area contributed by atoms with Gasteiger partial charge < -0.3 is 24.1 Å². The smallest absolute Gasteiger partial charge is 0.349 e. The van der Waals surface area contributed by atoms with Crippen molar-refractivity contribution >= 4 is 28.5 Å². The highest BCUT2D eigenvalue weighted by molar-refractivity contribution is 6.08. The number of para-hydroxylation sites is 1. The molecule has 4 rings (SSSR count). The third kappa shape index (κ3) is 3.48. The number of amides is 1. The number of carbonyl (C=O) groups is 2. The number of aryl methyl sites for hydroxylation is 4. The van der Waals surface area contributed by atoms with Gasteiger partial charge in [0.15, 0.2) is 11.4 Å². The molecule has 0 saturated carbocycles. The molecule has 0 bridgehead atoms. The molecule has 0 aliphatic rings. The number of benzene rings is 1. The fourth-order valence-corrected chi connectivity index (χ4v) is 3.33. The van der Waals surface area contributed by atoms with Crippen molar-refractivity contribution in [2.45, 2.75) is 27.7 Å². The van der Waals surface area contributed by atoms with Gasteiger partial charge in [0.05, 0.1) is 16.9 Å². The predicted octanol–water partition coefficient (Wildman–Crippen LogP) is 3.21. The largest absolute Gasteiger partial charge is 0.420 e. The van der Waals surface area contributed by atoms with Crippen LogP contribution >= 0.6 is 0 Å². The molecule has 1 aromatic carbocycles. The number of H-pyrrole nitrogens is 1. The molecule has 2 N–H and O–H groups in total. The van der Waals surface area contributed by atoms with Crippen molar-refractivity contribution in [1.29, 1.82) is 0 Å². The number of nitrogens with one attached hydrogen (secondary N) is 2. The zero-order valence-electron chi connectivity index (χ0n) is 17.2. The average molecular weight is 422 g/mol. The quantitative estimate of drug-likeness (QED) is 0.478. The number of esters is 1. The molecule has 3 heterocycles. The zero-order chi connectivity index (χ0) is 22.3. The molecule has 158 valence electrons. The monoisotopic (exact) mass is 422 g/mol. The van der Waals surface area contributed by atoms with E-state index in [0.717, 1.165) is 0 Å². The number of nitrogens with zero attached hydrogens (tertiary/aromatic N) is 2. The second-order valence-corrected chi connectivity index (χ2v) is 6.95. The van der Waals surface area contributed by atoms with Crippen molar-refractivity contribution in [3.8, 4) is 5.75 Å². The summed E-state index contributed by atoms with van der Waals surface area (Å²) in [6.07, 6.45) is 0. The number of aromatic nitrogens is 3. The van der Waals surface area contributed by atoms with Crippen LogP contribution in [0.4, 0.5) is 5.69 Å². The number of carbonyl (C=O) groups excluding carboxylic acids is 2. The van der Waals surface area contributed by atoms with Crippen LogP contribution in [0.15, 0.2) is 38.1 Å². The molecule has 10 nitrogen and oxygen atoms in total. The molecular formula is C21H18N4O6. The van der Waals surface area contributed by atoms with Gasteiger partial charge >= 0.3 is 5.97 Å². The molecule has 4 aromatic rings. The lowest BCUT2D eigenvalue weighted by Crippen LogP contribution is -2.23. The minimum absolute atomic E-state index is 0.0931. The molecule has 1 amide bonds. The number of rotatable bonds is 4. The van der Waals surface area contributed by atoms with Crippen LogP contribution in [0, 0.1) is 27.7 Å². The maximum atomic E-state index is 12.9. The third-order valence-electron chi connectivity index (χ3n) is 4.81. The van der Waals surface area contributed by atoms with Crippen LogP contribution < -0.4 is 15.6 Å².